The van der Waals surface area contributed by atoms with Gasteiger partial charge in [-0.3, -0.25) is 4.72 Å². The van der Waals surface area contributed by atoms with Gasteiger partial charge in [0.05, 0.1) is 28.9 Å². The molecule has 4 aromatic rings. The number of hydrogen-bond acceptors (Lipinski definition) is 4. The Bertz CT molecular complexity index is 1330. The summed E-state index contributed by atoms with van der Waals surface area (Å²) in [5, 5.41) is 9.01. The van der Waals surface area contributed by atoms with Crippen LogP contribution in [0.5, 0.6) is 0 Å². The van der Waals surface area contributed by atoms with Crippen molar-refractivity contribution in [3.8, 4) is 17.5 Å². The van der Waals surface area contributed by atoms with Crippen molar-refractivity contribution in [3.63, 3.8) is 0 Å². The summed E-state index contributed by atoms with van der Waals surface area (Å²) in [6.45, 7) is 0.575. The normalized spacial score (nSPS) is 11.3. The van der Waals surface area contributed by atoms with Gasteiger partial charge in [0.15, 0.2) is 0 Å². The van der Waals surface area contributed by atoms with Gasteiger partial charge in [-0.2, -0.15) is 5.26 Å². The van der Waals surface area contributed by atoms with E-state index in [4.69, 9.17) is 10.2 Å². The number of nitrogens with one attached hydrogen (secondary N) is 1. The number of para-hydroxylation sites is 2. The van der Waals surface area contributed by atoms with E-state index in [-0.39, 0.29) is 0 Å². The second-order valence-corrected chi connectivity index (χ2v) is 8.52. The van der Waals surface area contributed by atoms with E-state index < -0.39 is 10.0 Å². The molecule has 0 aliphatic rings. The van der Waals surface area contributed by atoms with E-state index in [1.807, 2.05) is 42.5 Å². The fourth-order valence-electron chi connectivity index (χ4n) is 3.26. The van der Waals surface area contributed by atoms with Gasteiger partial charge in [-0.1, -0.05) is 36.4 Å². The highest BCUT2D eigenvalue weighted by molar-refractivity contribution is 7.92. The van der Waals surface area contributed by atoms with Gasteiger partial charge >= 0.3 is 0 Å². The van der Waals surface area contributed by atoms with E-state index >= 15 is 0 Å². The minimum atomic E-state index is -3.37. The number of nitriles is 1. The Morgan fingerprint density at radius 3 is 2.52 bits per heavy atom. The van der Waals surface area contributed by atoms with Crippen LogP contribution in [0.3, 0.4) is 0 Å². The molecule has 0 fully saturated rings. The van der Waals surface area contributed by atoms with Crippen LogP contribution >= 0.6 is 0 Å². The SMILES string of the molecule is CS(=O)(=O)Nc1cccc(-c2nc3ccccc3n2Cc2ccc(C#N)cc2)c1. The first kappa shape index (κ1) is 18.7. The molecule has 0 bridgehead atoms. The molecule has 1 aromatic heterocycles. The summed E-state index contributed by atoms with van der Waals surface area (Å²) in [6.07, 6.45) is 1.12. The zero-order valence-corrected chi connectivity index (χ0v) is 16.5. The largest absolute Gasteiger partial charge is 0.319 e. The summed E-state index contributed by atoms with van der Waals surface area (Å²) < 4.78 is 27.8. The first-order valence-electron chi connectivity index (χ1n) is 8.95. The number of benzene rings is 3. The molecular formula is C22H18N4O2S. The number of rotatable bonds is 5. The maximum absolute atomic E-state index is 11.6. The Kier molecular flexibility index (Phi) is 4.79. The highest BCUT2D eigenvalue weighted by atomic mass is 32.2. The Morgan fingerprint density at radius 2 is 1.79 bits per heavy atom. The molecule has 7 heteroatoms. The quantitative estimate of drug-likeness (QED) is 0.547. The van der Waals surface area contributed by atoms with Gasteiger partial charge in [0.2, 0.25) is 10.0 Å². The lowest BCUT2D eigenvalue weighted by molar-refractivity contribution is 0.607. The van der Waals surface area contributed by atoms with Crippen molar-refractivity contribution in [1.82, 2.24) is 9.55 Å². The van der Waals surface area contributed by atoms with Crippen LogP contribution in [0.4, 0.5) is 5.69 Å². The van der Waals surface area contributed by atoms with E-state index in [1.165, 1.54) is 0 Å². The molecule has 4 rings (SSSR count). The molecule has 144 valence electrons. The maximum atomic E-state index is 11.6. The van der Waals surface area contributed by atoms with Gasteiger partial charge in [-0.15, -0.1) is 0 Å². The number of hydrogen-bond donors (Lipinski definition) is 1. The zero-order chi connectivity index (χ0) is 20.4. The molecule has 0 amide bonds. The molecule has 0 saturated carbocycles. The second kappa shape index (κ2) is 7.41. The smallest absolute Gasteiger partial charge is 0.229 e. The zero-order valence-electron chi connectivity index (χ0n) is 15.7. The van der Waals surface area contributed by atoms with Gasteiger partial charge in [-0.25, -0.2) is 13.4 Å². The third kappa shape index (κ3) is 4.13. The Balaban J connectivity index is 1.81. The standard InChI is InChI=1S/C22H18N4O2S/c1-29(27,28)25-19-6-4-5-18(13-19)22-24-20-7-2-3-8-21(20)26(22)15-17-11-9-16(14-23)10-12-17/h2-13,25H,15H2,1H3. The van der Waals surface area contributed by atoms with Crippen molar-refractivity contribution < 1.29 is 8.42 Å². The number of anilines is 1. The molecule has 6 nitrogen and oxygen atoms in total. The third-order valence-electron chi connectivity index (χ3n) is 4.50. The molecule has 1 heterocycles. The average Bonchev–Trinajstić information content (AvgIpc) is 3.06. The summed E-state index contributed by atoms with van der Waals surface area (Å²) in [5.74, 6) is 0.743. The van der Waals surface area contributed by atoms with Crippen LogP contribution in [0.25, 0.3) is 22.4 Å². The summed E-state index contributed by atoms with van der Waals surface area (Å²) >= 11 is 0. The van der Waals surface area contributed by atoms with Crippen LogP contribution < -0.4 is 4.72 Å². The van der Waals surface area contributed by atoms with Crippen molar-refractivity contribution in [2.24, 2.45) is 0 Å². The summed E-state index contributed by atoms with van der Waals surface area (Å²) in [7, 11) is -3.37. The second-order valence-electron chi connectivity index (χ2n) is 6.77. The van der Waals surface area contributed by atoms with Crippen LogP contribution in [0.1, 0.15) is 11.1 Å². The van der Waals surface area contributed by atoms with Gasteiger partial charge in [-0.05, 0) is 42.0 Å². The summed E-state index contributed by atoms with van der Waals surface area (Å²) in [5.41, 5.74) is 4.79. The van der Waals surface area contributed by atoms with Crippen LogP contribution in [-0.4, -0.2) is 24.2 Å². The predicted octanol–water partition coefficient (Wildman–Crippen LogP) is 3.99. The van der Waals surface area contributed by atoms with E-state index in [0.29, 0.717) is 17.8 Å². The molecule has 0 saturated heterocycles. The van der Waals surface area contributed by atoms with E-state index in [0.717, 1.165) is 34.2 Å². The van der Waals surface area contributed by atoms with E-state index in [1.54, 1.807) is 30.3 Å². The Labute approximate surface area is 169 Å². The van der Waals surface area contributed by atoms with Crippen molar-refractivity contribution in [2.45, 2.75) is 6.54 Å². The highest BCUT2D eigenvalue weighted by Gasteiger charge is 2.14. The van der Waals surface area contributed by atoms with Crippen LogP contribution in [0.15, 0.2) is 72.8 Å². The molecule has 0 atom stereocenters. The van der Waals surface area contributed by atoms with Crippen LogP contribution in [-0.2, 0) is 16.6 Å². The maximum Gasteiger partial charge on any atom is 0.229 e. The first-order chi connectivity index (χ1) is 13.9. The van der Waals surface area contributed by atoms with Gasteiger partial charge in [0, 0.05) is 17.8 Å². The highest BCUT2D eigenvalue weighted by Crippen LogP contribution is 2.28. The average molecular weight is 402 g/mol. The lowest BCUT2D eigenvalue weighted by Gasteiger charge is -2.11. The molecule has 0 spiro atoms. The molecule has 0 aliphatic heterocycles. The molecule has 1 N–H and O–H groups in total. The van der Waals surface area contributed by atoms with Crippen LogP contribution in [0.2, 0.25) is 0 Å². The monoisotopic (exact) mass is 402 g/mol. The number of sulfonamides is 1. The Hall–Kier alpha value is -3.63. The topological polar surface area (TPSA) is 87.8 Å². The lowest BCUT2D eigenvalue weighted by atomic mass is 10.1. The van der Waals surface area contributed by atoms with Crippen molar-refractivity contribution in [1.29, 1.82) is 5.26 Å². The van der Waals surface area contributed by atoms with Crippen LogP contribution in [0, 0.1) is 11.3 Å². The number of nitrogens with zero attached hydrogens (tertiary/aromatic N) is 3. The number of imidazole rings is 1. The fourth-order valence-corrected chi connectivity index (χ4v) is 3.81. The van der Waals surface area contributed by atoms with Gasteiger partial charge in [0.25, 0.3) is 0 Å². The van der Waals surface area contributed by atoms with Crippen molar-refractivity contribution in [2.75, 3.05) is 11.0 Å². The first-order valence-corrected chi connectivity index (χ1v) is 10.8. The molecular weight excluding hydrogens is 384 g/mol. The summed E-state index contributed by atoms with van der Waals surface area (Å²) in [6, 6.07) is 24.6. The van der Waals surface area contributed by atoms with E-state index in [9.17, 15) is 8.42 Å². The molecule has 0 unspecified atom stereocenters. The lowest BCUT2D eigenvalue weighted by Crippen LogP contribution is -2.09. The molecule has 3 aromatic carbocycles. The van der Waals surface area contributed by atoms with E-state index in [2.05, 4.69) is 15.4 Å². The Morgan fingerprint density at radius 1 is 1.03 bits per heavy atom. The molecule has 0 radical (unpaired) electrons. The minimum Gasteiger partial charge on any atom is -0.319 e. The van der Waals surface area contributed by atoms with Gasteiger partial charge < -0.3 is 4.57 Å². The fraction of sp³-hybridized carbons (Fsp3) is 0.0909. The van der Waals surface area contributed by atoms with Gasteiger partial charge in [0.1, 0.15) is 5.82 Å². The number of fused-ring (bicyclic) bond motifs is 1. The molecule has 29 heavy (non-hydrogen) atoms. The summed E-state index contributed by atoms with van der Waals surface area (Å²) in [4.78, 5) is 4.78. The molecule has 0 aliphatic carbocycles. The van der Waals surface area contributed by atoms with Crippen molar-refractivity contribution >= 4 is 26.7 Å². The number of aromatic nitrogens is 2. The predicted molar refractivity (Wildman–Crippen MR) is 114 cm³/mol. The third-order valence-corrected chi connectivity index (χ3v) is 5.11. The minimum absolute atomic E-state index is 0.488. The van der Waals surface area contributed by atoms with Crippen molar-refractivity contribution in [3.05, 3.63) is 83.9 Å².